The van der Waals surface area contributed by atoms with E-state index in [1.165, 1.54) is 19.1 Å². The van der Waals surface area contributed by atoms with Gasteiger partial charge in [-0.1, -0.05) is 0 Å². The van der Waals surface area contributed by atoms with Gasteiger partial charge in [-0.05, 0) is 55.5 Å². The molecular formula is C19H22N4O5S. The van der Waals surface area contributed by atoms with Crippen molar-refractivity contribution in [1.29, 1.82) is 0 Å². The van der Waals surface area contributed by atoms with Crippen LogP contribution in [-0.4, -0.2) is 31.9 Å². The Labute approximate surface area is 168 Å². The first-order valence-corrected chi connectivity index (χ1v) is 10.1. The van der Waals surface area contributed by atoms with Crippen molar-refractivity contribution in [3.8, 4) is 0 Å². The Bertz CT molecular complexity index is 1050. The smallest absolute Gasteiger partial charge is 0.337 e. The molecule has 2 aromatic carbocycles. The van der Waals surface area contributed by atoms with E-state index in [0.29, 0.717) is 17.9 Å². The molecule has 2 aromatic rings. The normalized spacial score (nSPS) is 11.6. The fourth-order valence-corrected chi connectivity index (χ4v) is 2.99. The van der Waals surface area contributed by atoms with Crippen molar-refractivity contribution in [2.24, 2.45) is 5.14 Å². The van der Waals surface area contributed by atoms with Crippen LogP contribution in [0.5, 0.6) is 0 Å². The number of rotatable bonds is 8. The molecule has 0 aliphatic rings. The Balaban J connectivity index is 2.04. The number of amides is 1. The molecule has 29 heavy (non-hydrogen) atoms. The summed E-state index contributed by atoms with van der Waals surface area (Å²) in [6, 6.07) is 10.8. The van der Waals surface area contributed by atoms with E-state index in [4.69, 9.17) is 5.14 Å². The van der Waals surface area contributed by atoms with Crippen LogP contribution < -0.4 is 21.1 Å². The van der Waals surface area contributed by atoms with E-state index >= 15 is 0 Å². The van der Waals surface area contributed by atoms with Gasteiger partial charge in [0.05, 0.1) is 16.1 Å². The molecule has 0 saturated heterocycles. The SMILES string of the molecule is CC(=O)Nc1ccc(NC/C=C(/C)Nc2ccc(S(N)(=O)=O)cc2C(=O)O)cc1. The van der Waals surface area contributed by atoms with Crippen LogP contribution in [0.25, 0.3) is 0 Å². The second-order valence-electron chi connectivity index (χ2n) is 6.21. The maximum atomic E-state index is 11.4. The van der Waals surface area contributed by atoms with Crippen LogP contribution in [-0.2, 0) is 14.8 Å². The number of benzene rings is 2. The third-order valence-electron chi connectivity index (χ3n) is 3.80. The molecule has 0 heterocycles. The van der Waals surface area contributed by atoms with Crippen LogP contribution in [0.4, 0.5) is 17.1 Å². The highest BCUT2D eigenvalue weighted by molar-refractivity contribution is 7.89. The van der Waals surface area contributed by atoms with Gasteiger partial charge in [-0.25, -0.2) is 18.4 Å². The summed E-state index contributed by atoms with van der Waals surface area (Å²) in [5.41, 5.74) is 2.25. The third kappa shape index (κ3) is 6.63. The molecule has 0 aliphatic carbocycles. The number of carboxylic acid groups (broad SMARTS) is 1. The number of allylic oxidation sites excluding steroid dienone is 1. The largest absolute Gasteiger partial charge is 0.478 e. The summed E-state index contributed by atoms with van der Waals surface area (Å²) in [6.07, 6.45) is 1.81. The Hall–Kier alpha value is -3.37. The van der Waals surface area contributed by atoms with Gasteiger partial charge in [-0.15, -0.1) is 0 Å². The summed E-state index contributed by atoms with van der Waals surface area (Å²) in [5, 5.41) is 23.2. The molecule has 154 valence electrons. The highest BCUT2D eigenvalue weighted by Gasteiger charge is 2.16. The number of nitrogens with one attached hydrogen (secondary N) is 3. The first-order chi connectivity index (χ1) is 13.6. The van der Waals surface area contributed by atoms with Crippen molar-refractivity contribution in [3.05, 3.63) is 59.8 Å². The summed E-state index contributed by atoms with van der Waals surface area (Å²) >= 11 is 0. The molecule has 0 atom stereocenters. The lowest BCUT2D eigenvalue weighted by atomic mass is 10.1. The molecule has 0 bridgehead atoms. The Kier molecular flexibility index (Phi) is 6.97. The summed E-state index contributed by atoms with van der Waals surface area (Å²) in [5.74, 6) is -1.42. The summed E-state index contributed by atoms with van der Waals surface area (Å²) in [4.78, 5) is 22.2. The van der Waals surface area contributed by atoms with Crippen LogP contribution in [0.15, 0.2) is 59.1 Å². The van der Waals surface area contributed by atoms with Gasteiger partial charge in [0.2, 0.25) is 15.9 Å². The van der Waals surface area contributed by atoms with Crippen molar-refractivity contribution in [2.75, 3.05) is 22.5 Å². The van der Waals surface area contributed by atoms with Gasteiger partial charge in [0.1, 0.15) is 0 Å². The topological polar surface area (TPSA) is 151 Å². The van der Waals surface area contributed by atoms with Gasteiger partial charge in [0.25, 0.3) is 0 Å². The van der Waals surface area contributed by atoms with Crippen LogP contribution in [0, 0.1) is 0 Å². The maximum absolute atomic E-state index is 11.4. The highest BCUT2D eigenvalue weighted by atomic mass is 32.2. The molecule has 0 aromatic heterocycles. The Morgan fingerprint density at radius 2 is 1.66 bits per heavy atom. The number of hydrogen-bond donors (Lipinski definition) is 5. The third-order valence-corrected chi connectivity index (χ3v) is 4.71. The highest BCUT2D eigenvalue weighted by Crippen LogP contribution is 2.21. The second-order valence-corrected chi connectivity index (χ2v) is 7.77. The van der Waals surface area contributed by atoms with Crippen molar-refractivity contribution >= 4 is 39.0 Å². The zero-order chi connectivity index (χ0) is 21.6. The number of aromatic carboxylic acids is 1. The lowest BCUT2D eigenvalue weighted by Gasteiger charge is -2.12. The first kappa shape index (κ1) is 21.9. The molecule has 9 nitrogen and oxygen atoms in total. The number of anilines is 3. The Morgan fingerprint density at radius 1 is 1.03 bits per heavy atom. The second kappa shape index (κ2) is 9.22. The summed E-state index contributed by atoms with van der Waals surface area (Å²) < 4.78 is 22.8. The molecular weight excluding hydrogens is 396 g/mol. The number of sulfonamides is 1. The standard InChI is InChI=1S/C19H22N4O5S/c1-12(9-10-21-14-3-5-15(6-4-14)23-13(2)24)22-18-8-7-16(29(20,27)28)11-17(18)19(25)26/h3-9,11,21-22H,10H2,1-2H3,(H,23,24)(H,25,26)(H2,20,27,28)/b12-9-. The molecule has 0 spiro atoms. The van der Waals surface area contributed by atoms with Gasteiger partial charge in [-0.3, -0.25) is 4.79 Å². The monoisotopic (exact) mass is 418 g/mol. The molecule has 0 saturated carbocycles. The number of carbonyl (C=O) groups excluding carboxylic acids is 1. The van der Waals surface area contributed by atoms with Crippen molar-refractivity contribution in [2.45, 2.75) is 18.7 Å². The Morgan fingerprint density at radius 3 is 2.21 bits per heavy atom. The molecule has 2 rings (SSSR count). The van der Waals surface area contributed by atoms with E-state index in [-0.39, 0.29) is 22.1 Å². The predicted molar refractivity (Wildman–Crippen MR) is 111 cm³/mol. The van der Waals surface area contributed by atoms with Crippen molar-refractivity contribution < 1.29 is 23.1 Å². The van der Waals surface area contributed by atoms with Gasteiger partial charge >= 0.3 is 5.97 Å². The van der Waals surface area contributed by atoms with Crippen molar-refractivity contribution in [3.63, 3.8) is 0 Å². The van der Waals surface area contributed by atoms with Crippen LogP contribution in [0.2, 0.25) is 0 Å². The fraction of sp³-hybridized carbons (Fsp3) is 0.158. The fourth-order valence-electron chi connectivity index (χ4n) is 2.45. The quantitative estimate of drug-likeness (QED) is 0.442. The van der Waals surface area contributed by atoms with Crippen LogP contribution >= 0.6 is 0 Å². The summed E-state index contributed by atoms with van der Waals surface area (Å²) in [7, 11) is -4.00. The lowest BCUT2D eigenvalue weighted by molar-refractivity contribution is -0.114. The summed E-state index contributed by atoms with van der Waals surface area (Å²) in [6.45, 7) is 3.64. The molecule has 0 radical (unpaired) electrons. The van der Waals surface area contributed by atoms with E-state index in [9.17, 15) is 23.1 Å². The molecule has 0 unspecified atom stereocenters. The van der Waals surface area contributed by atoms with E-state index < -0.39 is 16.0 Å². The predicted octanol–water partition coefficient (Wildman–Crippen LogP) is 2.42. The molecule has 0 aliphatic heterocycles. The minimum atomic E-state index is -4.00. The number of nitrogens with two attached hydrogens (primary N) is 1. The average molecular weight is 418 g/mol. The molecule has 6 N–H and O–H groups in total. The maximum Gasteiger partial charge on any atom is 0.337 e. The van der Waals surface area contributed by atoms with E-state index in [0.717, 1.165) is 11.8 Å². The number of carboxylic acids is 1. The van der Waals surface area contributed by atoms with Crippen LogP contribution in [0.3, 0.4) is 0 Å². The number of carbonyl (C=O) groups is 2. The zero-order valence-electron chi connectivity index (χ0n) is 15.9. The van der Waals surface area contributed by atoms with Crippen LogP contribution in [0.1, 0.15) is 24.2 Å². The zero-order valence-corrected chi connectivity index (χ0v) is 16.7. The minimum absolute atomic E-state index is 0.145. The van der Waals surface area contributed by atoms with Gasteiger partial charge in [0.15, 0.2) is 0 Å². The first-order valence-electron chi connectivity index (χ1n) is 8.51. The molecule has 0 fully saturated rings. The van der Waals surface area contributed by atoms with Gasteiger partial charge in [0, 0.05) is 30.5 Å². The van der Waals surface area contributed by atoms with E-state index in [1.807, 2.05) is 12.1 Å². The van der Waals surface area contributed by atoms with E-state index in [1.54, 1.807) is 25.1 Å². The number of primary sulfonamides is 1. The lowest BCUT2D eigenvalue weighted by Crippen LogP contribution is -2.14. The molecule has 1 amide bonds. The number of hydrogen-bond acceptors (Lipinski definition) is 6. The molecule has 10 heteroatoms. The van der Waals surface area contributed by atoms with E-state index in [2.05, 4.69) is 16.0 Å². The van der Waals surface area contributed by atoms with Crippen molar-refractivity contribution in [1.82, 2.24) is 0 Å². The average Bonchev–Trinajstić information content (AvgIpc) is 2.62. The minimum Gasteiger partial charge on any atom is -0.478 e. The van der Waals surface area contributed by atoms with Gasteiger partial charge in [-0.2, -0.15) is 0 Å². The van der Waals surface area contributed by atoms with Gasteiger partial charge < -0.3 is 21.1 Å².